The zero-order valence-electron chi connectivity index (χ0n) is 12.4. The lowest BCUT2D eigenvalue weighted by atomic mass is 10.0. The van der Waals surface area contributed by atoms with E-state index in [2.05, 4.69) is 42.6 Å². The minimum Gasteiger partial charge on any atom is -0.327 e. The first-order valence-corrected chi connectivity index (χ1v) is 7.82. The molecule has 0 unspecified atom stereocenters. The first-order valence-electron chi connectivity index (χ1n) is 7.44. The Balaban J connectivity index is 1.75. The van der Waals surface area contributed by atoms with Gasteiger partial charge in [-0.25, -0.2) is 0 Å². The highest BCUT2D eigenvalue weighted by molar-refractivity contribution is 6.31. The van der Waals surface area contributed by atoms with Gasteiger partial charge in [-0.3, -0.25) is 0 Å². The van der Waals surface area contributed by atoms with Crippen molar-refractivity contribution in [2.75, 3.05) is 6.54 Å². The largest absolute Gasteiger partial charge is 0.327 e. The molecule has 0 amide bonds. The molecule has 0 aromatic heterocycles. The SMILES string of the molecule is C[C@@H](NC[C@H](N)CCc1ccccc1Cl)c1ccccc1. The Morgan fingerprint density at radius 1 is 1.05 bits per heavy atom. The van der Waals surface area contributed by atoms with Crippen LogP contribution in [-0.4, -0.2) is 12.6 Å². The molecule has 3 N–H and O–H groups in total. The van der Waals surface area contributed by atoms with Gasteiger partial charge in [-0.15, -0.1) is 0 Å². The minimum atomic E-state index is 0.132. The first kappa shape index (κ1) is 16.0. The quantitative estimate of drug-likeness (QED) is 0.812. The predicted octanol–water partition coefficient (Wildman–Crippen LogP) is 3.95. The van der Waals surface area contributed by atoms with Gasteiger partial charge in [-0.2, -0.15) is 0 Å². The van der Waals surface area contributed by atoms with Crippen molar-refractivity contribution in [2.45, 2.75) is 31.8 Å². The van der Waals surface area contributed by atoms with E-state index in [1.54, 1.807) is 0 Å². The topological polar surface area (TPSA) is 38.0 Å². The van der Waals surface area contributed by atoms with Crippen LogP contribution in [0.2, 0.25) is 5.02 Å². The summed E-state index contributed by atoms with van der Waals surface area (Å²) in [7, 11) is 0. The molecule has 0 heterocycles. The fourth-order valence-corrected chi connectivity index (χ4v) is 2.56. The molecule has 112 valence electrons. The maximum atomic E-state index is 6.19. The highest BCUT2D eigenvalue weighted by Gasteiger charge is 2.08. The summed E-state index contributed by atoms with van der Waals surface area (Å²) < 4.78 is 0. The van der Waals surface area contributed by atoms with Gasteiger partial charge in [0.05, 0.1) is 0 Å². The second-order valence-electron chi connectivity index (χ2n) is 5.43. The Bertz CT molecular complexity index is 542. The van der Waals surface area contributed by atoms with E-state index in [0.717, 1.165) is 24.4 Å². The molecule has 2 rings (SSSR count). The monoisotopic (exact) mass is 302 g/mol. The molecule has 0 aliphatic carbocycles. The van der Waals surface area contributed by atoms with E-state index in [9.17, 15) is 0 Å². The molecular weight excluding hydrogens is 280 g/mol. The summed E-state index contributed by atoms with van der Waals surface area (Å²) in [5, 5.41) is 4.32. The van der Waals surface area contributed by atoms with Crippen molar-refractivity contribution in [3.8, 4) is 0 Å². The van der Waals surface area contributed by atoms with Crippen LogP contribution in [-0.2, 0) is 6.42 Å². The van der Waals surface area contributed by atoms with Gasteiger partial charge >= 0.3 is 0 Å². The first-order chi connectivity index (χ1) is 10.2. The lowest BCUT2D eigenvalue weighted by molar-refractivity contribution is 0.497. The third-order valence-electron chi connectivity index (χ3n) is 3.73. The van der Waals surface area contributed by atoms with Gasteiger partial charge < -0.3 is 11.1 Å². The van der Waals surface area contributed by atoms with Crippen LogP contribution in [0.25, 0.3) is 0 Å². The Labute approximate surface area is 132 Å². The molecule has 0 fully saturated rings. The third-order valence-corrected chi connectivity index (χ3v) is 4.10. The molecule has 2 atom stereocenters. The van der Waals surface area contributed by atoms with E-state index in [1.165, 1.54) is 11.1 Å². The van der Waals surface area contributed by atoms with Crippen molar-refractivity contribution in [1.29, 1.82) is 0 Å². The number of hydrogen-bond donors (Lipinski definition) is 2. The summed E-state index contributed by atoms with van der Waals surface area (Å²) in [6.07, 6.45) is 1.85. The van der Waals surface area contributed by atoms with E-state index < -0.39 is 0 Å². The van der Waals surface area contributed by atoms with Gasteiger partial charge in [0.1, 0.15) is 0 Å². The number of hydrogen-bond acceptors (Lipinski definition) is 2. The average molecular weight is 303 g/mol. The van der Waals surface area contributed by atoms with E-state index in [1.807, 2.05) is 24.3 Å². The summed E-state index contributed by atoms with van der Waals surface area (Å²) in [6.45, 7) is 2.97. The number of rotatable bonds is 7. The van der Waals surface area contributed by atoms with Crippen LogP contribution in [0.15, 0.2) is 54.6 Å². The number of nitrogens with one attached hydrogen (secondary N) is 1. The smallest absolute Gasteiger partial charge is 0.0437 e. The Morgan fingerprint density at radius 2 is 1.71 bits per heavy atom. The molecule has 0 aliphatic heterocycles. The minimum absolute atomic E-state index is 0.132. The van der Waals surface area contributed by atoms with Crippen LogP contribution in [0, 0.1) is 0 Å². The van der Waals surface area contributed by atoms with Crippen molar-refractivity contribution in [3.05, 3.63) is 70.7 Å². The van der Waals surface area contributed by atoms with Gasteiger partial charge in [0.2, 0.25) is 0 Å². The van der Waals surface area contributed by atoms with Crippen LogP contribution in [0.4, 0.5) is 0 Å². The maximum absolute atomic E-state index is 6.19. The highest BCUT2D eigenvalue weighted by atomic mass is 35.5. The van der Waals surface area contributed by atoms with Crippen molar-refractivity contribution >= 4 is 11.6 Å². The Morgan fingerprint density at radius 3 is 2.43 bits per heavy atom. The van der Waals surface area contributed by atoms with Gasteiger partial charge in [0.25, 0.3) is 0 Å². The number of halogens is 1. The normalized spacial score (nSPS) is 13.9. The molecule has 0 radical (unpaired) electrons. The highest BCUT2D eigenvalue weighted by Crippen LogP contribution is 2.17. The average Bonchev–Trinajstić information content (AvgIpc) is 2.52. The molecular formula is C18H23ClN2. The second kappa shape index (κ2) is 8.18. The predicted molar refractivity (Wildman–Crippen MR) is 90.6 cm³/mol. The van der Waals surface area contributed by atoms with Gasteiger partial charge in [-0.05, 0) is 37.0 Å². The van der Waals surface area contributed by atoms with Gasteiger partial charge in [-0.1, -0.05) is 60.1 Å². The summed E-state index contributed by atoms with van der Waals surface area (Å²) >= 11 is 6.16. The second-order valence-corrected chi connectivity index (χ2v) is 5.84. The molecule has 2 nitrogen and oxygen atoms in total. The van der Waals surface area contributed by atoms with Gasteiger partial charge in [0.15, 0.2) is 0 Å². The molecule has 0 aliphatic rings. The van der Waals surface area contributed by atoms with E-state index in [4.69, 9.17) is 17.3 Å². The van der Waals surface area contributed by atoms with Crippen LogP contribution in [0.3, 0.4) is 0 Å². The zero-order valence-corrected chi connectivity index (χ0v) is 13.2. The number of benzene rings is 2. The number of nitrogens with two attached hydrogens (primary N) is 1. The van der Waals surface area contributed by atoms with Crippen LogP contribution in [0.1, 0.15) is 30.5 Å². The van der Waals surface area contributed by atoms with E-state index in [0.29, 0.717) is 6.04 Å². The molecule has 0 spiro atoms. The van der Waals surface area contributed by atoms with E-state index >= 15 is 0 Å². The lowest BCUT2D eigenvalue weighted by Gasteiger charge is -2.18. The standard InChI is InChI=1S/C18H23ClN2/c1-14(15-7-3-2-4-8-15)21-13-17(20)12-11-16-9-5-6-10-18(16)19/h2-10,14,17,21H,11-13,20H2,1H3/t14-,17-/m1/s1. The van der Waals surface area contributed by atoms with Crippen LogP contribution < -0.4 is 11.1 Å². The summed E-state index contributed by atoms with van der Waals surface area (Å²) in [5.41, 5.74) is 8.65. The molecule has 21 heavy (non-hydrogen) atoms. The van der Waals surface area contributed by atoms with Gasteiger partial charge in [0, 0.05) is 23.7 Å². The molecule has 2 aromatic carbocycles. The molecule has 0 bridgehead atoms. The Hall–Kier alpha value is -1.35. The van der Waals surface area contributed by atoms with Crippen molar-refractivity contribution in [3.63, 3.8) is 0 Å². The van der Waals surface area contributed by atoms with Crippen LogP contribution >= 0.6 is 11.6 Å². The molecule has 0 saturated carbocycles. The fraction of sp³-hybridized carbons (Fsp3) is 0.333. The van der Waals surface area contributed by atoms with Crippen molar-refractivity contribution < 1.29 is 0 Å². The summed E-state index contributed by atoms with van der Waals surface area (Å²) in [6, 6.07) is 18.8. The molecule has 3 heteroatoms. The Kier molecular flexibility index (Phi) is 6.24. The third kappa shape index (κ3) is 5.16. The fourth-order valence-electron chi connectivity index (χ4n) is 2.33. The zero-order chi connectivity index (χ0) is 15.1. The van der Waals surface area contributed by atoms with Crippen LogP contribution in [0.5, 0.6) is 0 Å². The summed E-state index contributed by atoms with van der Waals surface area (Å²) in [4.78, 5) is 0. The number of aryl methyl sites for hydroxylation is 1. The van der Waals surface area contributed by atoms with Crippen molar-refractivity contribution in [1.82, 2.24) is 5.32 Å². The summed E-state index contributed by atoms with van der Waals surface area (Å²) in [5.74, 6) is 0. The van der Waals surface area contributed by atoms with Crippen molar-refractivity contribution in [2.24, 2.45) is 5.73 Å². The van der Waals surface area contributed by atoms with E-state index in [-0.39, 0.29) is 6.04 Å². The maximum Gasteiger partial charge on any atom is 0.0437 e. The lowest BCUT2D eigenvalue weighted by Crippen LogP contribution is -2.35. The molecule has 0 saturated heterocycles. The molecule has 2 aromatic rings.